The molecule has 3 aromatic rings. The molecule has 9 heteroatoms. The monoisotopic (exact) mass is 444 g/mol. The molecule has 0 bridgehead atoms. The minimum atomic E-state index is -3.06. The van der Waals surface area contributed by atoms with Crippen molar-refractivity contribution >= 4 is 38.1 Å². The third kappa shape index (κ3) is 3.54. The Morgan fingerprint density at radius 3 is 2.73 bits per heavy atom. The van der Waals surface area contributed by atoms with Gasteiger partial charge < -0.3 is 5.32 Å². The molecule has 2 aliphatic rings. The van der Waals surface area contributed by atoms with Gasteiger partial charge in [-0.15, -0.1) is 11.3 Å². The number of aryl methyl sites for hydroxylation is 1. The standard InChI is InChI=1S/C21H24N4O3S2/c1-13-19-16(21(26)22-14-5-2-3-6-14)11-17(18-7-4-9-29-18)23-20(19)25(24-13)15-8-10-30(27,28)12-15/h4,7,9,11,14-15H,2-3,5-6,8,10,12H2,1H3,(H,22,26). The lowest BCUT2D eigenvalue weighted by Crippen LogP contribution is -2.32. The molecule has 0 spiro atoms. The summed E-state index contributed by atoms with van der Waals surface area (Å²) in [4.78, 5) is 19.1. The van der Waals surface area contributed by atoms with Crippen LogP contribution in [0.4, 0.5) is 0 Å². The van der Waals surface area contributed by atoms with E-state index in [1.165, 1.54) is 0 Å². The maximum absolute atomic E-state index is 13.3. The van der Waals surface area contributed by atoms with Crippen molar-refractivity contribution in [1.29, 1.82) is 0 Å². The molecule has 0 radical (unpaired) electrons. The van der Waals surface area contributed by atoms with E-state index < -0.39 is 9.84 Å². The summed E-state index contributed by atoms with van der Waals surface area (Å²) < 4.78 is 25.8. The van der Waals surface area contributed by atoms with E-state index in [2.05, 4.69) is 10.4 Å². The molecule has 7 nitrogen and oxygen atoms in total. The van der Waals surface area contributed by atoms with Gasteiger partial charge in [0.05, 0.1) is 44.8 Å². The third-order valence-corrected chi connectivity index (χ3v) is 8.74. The lowest BCUT2D eigenvalue weighted by molar-refractivity contribution is 0.0939. The minimum absolute atomic E-state index is 0.0672. The predicted octanol–water partition coefficient (Wildman–Crippen LogP) is 3.50. The summed E-state index contributed by atoms with van der Waals surface area (Å²) >= 11 is 1.56. The van der Waals surface area contributed by atoms with Crippen LogP contribution in [0, 0.1) is 6.92 Å². The average molecular weight is 445 g/mol. The first-order valence-electron chi connectivity index (χ1n) is 10.4. The van der Waals surface area contributed by atoms with Gasteiger partial charge in [0.15, 0.2) is 15.5 Å². The lowest BCUT2D eigenvalue weighted by atomic mass is 10.1. The van der Waals surface area contributed by atoms with Crippen LogP contribution in [0.5, 0.6) is 0 Å². The molecule has 3 aromatic heterocycles. The number of pyridine rings is 1. The fraction of sp³-hybridized carbons (Fsp3) is 0.476. The fourth-order valence-corrected chi connectivity index (χ4v) is 6.98. The molecule has 1 N–H and O–H groups in total. The molecule has 1 atom stereocenters. The summed E-state index contributed by atoms with van der Waals surface area (Å²) in [7, 11) is -3.06. The highest BCUT2D eigenvalue weighted by Gasteiger charge is 2.32. The molecule has 1 saturated carbocycles. The van der Waals surface area contributed by atoms with Gasteiger partial charge in [-0.05, 0) is 43.7 Å². The van der Waals surface area contributed by atoms with Crippen molar-refractivity contribution in [3.05, 3.63) is 34.8 Å². The Balaban J connectivity index is 1.65. The van der Waals surface area contributed by atoms with E-state index in [-0.39, 0.29) is 29.5 Å². The van der Waals surface area contributed by atoms with Gasteiger partial charge in [0.2, 0.25) is 0 Å². The molecule has 1 aliphatic carbocycles. The number of hydrogen-bond acceptors (Lipinski definition) is 6. The van der Waals surface area contributed by atoms with Gasteiger partial charge in [-0.25, -0.2) is 18.1 Å². The van der Waals surface area contributed by atoms with Crippen molar-refractivity contribution in [3.63, 3.8) is 0 Å². The number of carbonyl (C=O) groups is 1. The number of rotatable bonds is 4. The number of hydrogen-bond donors (Lipinski definition) is 1. The highest BCUT2D eigenvalue weighted by atomic mass is 32.2. The van der Waals surface area contributed by atoms with Crippen LogP contribution in [0.3, 0.4) is 0 Å². The van der Waals surface area contributed by atoms with Gasteiger partial charge >= 0.3 is 0 Å². The smallest absolute Gasteiger partial charge is 0.252 e. The van der Waals surface area contributed by atoms with Crippen molar-refractivity contribution in [3.8, 4) is 10.6 Å². The molecule has 0 aromatic carbocycles. The zero-order valence-corrected chi connectivity index (χ0v) is 18.4. The third-order valence-electron chi connectivity index (χ3n) is 6.10. The molecule has 1 saturated heterocycles. The van der Waals surface area contributed by atoms with E-state index in [4.69, 9.17) is 4.98 Å². The van der Waals surface area contributed by atoms with E-state index in [1.807, 2.05) is 30.5 Å². The Kier molecular flexibility index (Phi) is 4.89. The SMILES string of the molecule is Cc1nn(C2CCS(=O)(=O)C2)c2nc(-c3cccs3)cc(C(=O)NC3CCCC3)c12. The Bertz CT molecular complexity index is 1210. The van der Waals surface area contributed by atoms with E-state index >= 15 is 0 Å². The fourth-order valence-electron chi connectivity index (χ4n) is 4.60. The molecule has 2 fully saturated rings. The van der Waals surface area contributed by atoms with Gasteiger partial charge in [0.1, 0.15) is 0 Å². The quantitative estimate of drug-likeness (QED) is 0.665. The first kappa shape index (κ1) is 19.7. The van der Waals surface area contributed by atoms with E-state index in [1.54, 1.807) is 16.0 Å². The molecule has 1 aliphatic heterocycles. The second-order valence-corrected chi connectivity index (χ2v) is 11.4. The van der Waals surface area contributed by atoms with Crippen molar-refractivity contribution < 1.29 is 13.2 Å². The van der Waals surface area contributed by atoms with Crippen LogP contribution in [0.2, 0.25) is 0 Å². The zero-order valence-electron chi connectivity index (χ0n) is 16.8. The lowest BCUT2D eigenvalue weighted by Gasteiger charge is -2.14. The number of aromatic nitrogens is 3. The van der Waals surface area contributed by atoms with Crippen LogP contribution in [-0.2, 0) is 9.84 Å². The predicted molar refractivity (Wildman–Crippen MR) is 118 cm³/mol. The highest BCUT2D eigenvalue weighted by molar-refractivity contribution is 7.91. The summed E-state index contributed by atoms with van der Waals surface area (Å²) in [5.74, 6) is 0.129. The van der Waals surface area contributed by atoms with Crippen molar-refractivity contribution in [1.82, 2.24) is 20.1 Å². The number of sulfone groups is 1. The number of amides is 1. The van der Waals surface area contributed by atoms with Crippen LogP contribution in [-0.4, -0.2) is 46.6 Å². The summed E-state index contributed by atoms with van der Waals surface area (Å²) in [6.07, 6.45) is 4.83. The molecule has 1 amide bonds. The Labute approximate surface area is 179 Å². The minimum Gasteiger partial charge on any atom is -0.349 e. The van der Waals surface area contributed by atoms with Gasteiger partial charge in [-0.2, -0.15) is 5.10 Å². The summed E-state index contributed by atoms with van der Waals surface area (Å²) in [6.45, 7) is 1.86. The van der Waals surface area contributed by atoms with Crippen LogP contribution in [0.25, 0.3) is 21.6 Å². The first-order valence-corrected chi connectivity index (χ1v) is 13.1. The number of carbonyl (C=O) groups excluding carboxylic acids is 1. The zero-order chi connectivity index (χ0) is 20.9. The first-order chi connectivity index (χ1) is 14.4. The van der Waals surface area contributed by atoms with E-state index in [0.29, 0.717) is 23.3 Å². The topological polar surface area (TPSA) is 93.9 Å². The second kappa shape index (κ2) is 7.46. The molecule has 4 heterocycles. The van der Waals surface area contributed by atoms with Gasteiger partial charge in [-0.1, -0.05) is 18.9 Å². The number of nitrogens with zero attached hydrogens (tertiary/aromatic N) is 3. The Morgan fingerprint density at radius 1 is 1.27 bits per heavy atom. The molecular formula is C21H24N4O3S2. The number of thiophene rings is 1. The van der Waals surface area contributed by atoms with Crippen LogP contribution < -0.4 is 5.32 Å². The van der Waals surface area contributed by atoms with Crippen LogP contribution >= 0.6 is 11.3 Å². The van der Waals surface area contributed by atoms with Crippen molar-refractivity contribution in [2.45, 2.75) is 51.1 Å². The van der Waals surface area contributed by atoms with E-state index in [9.17, 15) is 13.2 Å². The maximum Gasteiger partial charge on any atom is 0.252 e. The summed E-state index contributed by atoms with van der Waals surface area (Å²) in [5, 5.41) is 10.5. The highest BCUT2D eigenvalue weighted by Crippen LogP contribution is 2.33. The maximum atomic E-state index is 13.3. The molecule has 30 heavy (non-hydrogen) atoms. The Hall–Kier alpha value is -2.26. The molecule has 5 rings (SSSR count). The van der Waals surface area contributed by atoms with Gasteiger partial charge in [0.25, 0.3) is 5.91 Å². The average Bonchev–Trinajstić information content (AvgIpc) is 3.49. The van der Waals surface area contributed by atoms with E-state index in [0.717, 1.165) is 41.6 Å². The Morgan fingerprint density at radius 2 is 2.07 bits per heavy atom. The summed E-state index contributed by atoms with van der Waals surface area (Å²) in [5.41, 5.74) is 2.59. The number of fused-ring (bicyclic) bond motifs is 1. The van der Waals surface area contributed by atoms with Gasteiger partial charge in [0, 0.05) is 6.04 Å². The van der Waals surface area contributed by atoms with Gasteiger partial charge in [-0.3, -0.25) is 4.79 Å². The van der Waals surface area contributed by atoms with Crippen LogP contribution in [0.15, 0.2) is 23.6 Å². The molecular weight excluding hydrogens is 420 g/mol. The molecule has 1 unspecified atom stereocenters. The largest absolute Gasteiger partial charge is 0.349 e. The van der Waals surface area contributed by atoms with Crippen molar-refractivity contribution in [2.75, 3.05) is 11.5 Å². The van der Waals surface area contributed by atoms with Crippen LogP contribution in [0.1, 0.15) is 54.2 Å². The normalized spacial score (nSPS) is 21.4. The van der Waals surface area contributed by atoms with Crippen molar-refractivity contribution in [2.24, 2.45) is 0 Å². The second-order valence-electron chi connectivity index (χ2n) is 8.27. The summed E-state index contributed by atoms with van der Waals surface area (Å²) in [6, 6.07) is 5.74. The number of nitrogens with one attached hydrogen (secondary N) is 1. The molecule has 158 valence electrons.